The van der Waals surface area contributed by atoms with Gasteiger partial charge in [0, 0.05) is 5.69 Å². The van der Waals surface area contributed by atoms with Crippen LogP contribution in [0.1, 0.15) is 42.5 Å². The summed E-state index contributed by atoms with van der Waals surface area (Å²) in [4.78, 5) is 22.7. The van der Waals surface area contributed by atoms with Crippen molar-refractivity contribution in [3.63, 3.8) is 0 Å². The first-order chi connectivity index (χ1) is 10.4. The topological polar surface area (TPSA) is 55.4 Å². The third kappa shape index (κ3) is 4.47. The summed E-state index contributed by atoms with van der Waals surface area (Å²) < 4.78 is 41.7. The number of halogens is 3. The normalized spacial score (nSPS) is 16.1. The van der Waals surface area contributed by atoms with Crippen molar-refractivity contribution >= 4 is 17.6 Å². The molecule has 0 bridgehead atoms. The van der Waals surface area contributed by atoms with Crippen LogP contribution in [0, 0.1) is 0 Å². The van der Waals surface area contributed by atoms with Gasteiger partial charge < -0.3 is 10.1 Å². The van der Waals surface area contributed by atoms with Crippen LogP contribution < -0.4 is 5.32 Å². The lowest BCUT2D eigenvalue weighted by Gasteiger charge is -2.21. The van der Waals surface area contributed by atoms with Gasteiger partial charge >= 0.3 is 18.1 Å². The van der Waals surface area contributed by atoms with Crippen LogP contribution in [0.25, 0.3) is 0 Å². The molecule has 1 aliphatic carbocycles. The molecule has 0 aromatic heterocycles. The van der Waals surface area contributed by atoms with E-state index >= 15 is 0 Å². The number of ether oxygens (including phenoxy) is 1. The van der Waals surface area contributed by atoms with E-state index in [1.54, 1.807) is 5.32 Å². The second kappa shape index (κ2) is 6.81. The van der Waals surface area contributed by atoms with Crippen LogP contribution in [0.5, 0.6) is 0 Å². The van der Waals surface area contributed by atoms with Crippen molar-refractivity contribution in [3.8, 4) is 0 Å². The summed E-state index contributed by atoms with van der Waals surface area (Å²) in [5, 5.41) is 1.71. The van der Waals surface area contributed by atoms with Crippen molar-refractivity contribution in [1.29, 1.82) is 0 Å². The van der Waals surface area contributed by atoms with E-state index in [9.17, 15) is 22.8 Å². The van der Waals surface area contributed by atoms with E-state index in [-0.39, 0.29) is 17.4 Å². The molecule has 0 atom stereocenters. The molecule has 120 valence electrons. The molecule has 1 saturated carbocycles. The minimum absolute atomic E-state index is 0.0310. The van der Waals surface area contributed by atoms with Crippen LogP contribution in [-0.2, 0) is 9.53 Å². The number of carbonyl (C=O) groups is 2. The van der Waals surface area contributed by atoms with Gasteiger partial charge in [-0.2, -0.15) is 13.2 Å². The molecule has 0 aliphatic heterocycles. The van der Waals surface area contributed by atoms with Crippen LogP contribution >= 0.6 is 0 Å². The maximum absolute atomic E-state index is 12.1. The maximum Gasteiger partial charge on any atom is 0.471 e. The fraction of sp³-hybridized carbons (Fsp3) is 0.467. The van der Waals surface area contributed by atoms with Crippen molar-refractivity contribution < 1.29 is 27.5 Å². The summed E-state index contributed by atoms with van der Waals surface area (Å²) in [6.07, 6.45) is -0.163. The maximum atomic E-state index is 12.1. The number of rotatable bonds is 3. The number of amides is 1. The Kier molecular flexibility index (Phi) is 5.05. The van der Waals surface area contributed by atoms with E-state index in [4.69, 9.17) is 4.74 Å². The Morgan fingerprint density at radius 2 is 1.64 bits per heavy atom. The summed E-state index contributed by atoms with van der Waals surface area (Å²) in [5.74, 6) is -2.55. The van der Waals surface area contributed by atoms with Crippen molar-refractivity contribution in [1.82, 2.24) is 0 Å². The van der Waals surface area contributed by atoms with E-state index in [0.29, 0.717) is 0 Å². The zero-order chi connectivity index (χ0) is 16.2. The predicted molar refractivity (Wildman–Crippen MR) is 73.4 cm³/mol. The lowest BCUT2D eigenvalue weighted by atomic mass is 9.98. The summed E-state index contributed by atoms with van der Waals surface area (Å²) >= 11 is 0. The van der Waals surface area contributed by atoms with Gasteiger partial charge in [0.2, 0.25) is 0 Å². The third-order valence-electron chi connectivity index (χ3n) is 3.46. The Morgan fingerprint density at radius 1 is 1.05 bits per heavy atom. The third-order valence-corrected chi connectivity index (χ3v) is 3.46. The predicted octanol–water partition coefficient (Wildman–Crippen LogP) is 3.68. The summed E-state index contributed by atoms with van der Waals surface area (Å²) in [7, 11) is 0. The number of carbonyl (C=O) groups excluding carboxylic acids is 2. The Morgan fingerprint density at radius 3 is 2.18 bits per heavy atom. The van der Waals surface area contributed by atoms with Crippen molar-refractivity contribution in [2.75, 3.05) is 5.32 Å². The number of hydrogen-bond donors (Lipinski definition) is 1. The van der Waals surface area contributed by atoms with Gasteiger partial charge in [0.05, 0.1) is 5.56 Å². The SMILES string of the molecule is O=C(OC1CCCCC1)c1ccc(NC(=O)C(F)(F)F)cc1. The summed E-state index contributed by atoms with van der Waals surface area (Å²) in [6.45, 7) is 0. The molecule has 1 fully saturated rings. The first-order valence-electron chi connectivity index (χ1n) is 7.05. The molecule has 1 aliphatic rings. The van der Waals surface area contributed by atoms with Gasteiger partial charge in [0.1, 0.15) is 6.10 Å². The molecule has 1 N–H and O–H groups in total. The van der Waals surface area contributed by atoms with E-state index in [1.165, 1.54) is 24.3 Å². The van der Waals surface area contributed by atoms with Gasteiger partial charge in [0.25, 0.3) is 0 Å². The largest absolute Gasteiger partial charge is 0.471 e. The lowest BCUT2D eigenvalue weighted by Crippen LogP contribution is -2.29. The van der Waals surface area contributed by atoms with Crippen LogP contribution in [0.2, 0.25) is 0 Å². The minimum Gasteiger partial charge on any atom is -0.459 e. The number of esters is 1. The Bertz CT molecular complexity index is 534. The van der Waals surface area contributed by atoms with Gasteiger partial charge in [-0.1, -0.05) is 6.42 Å². The van der Waals surface area contributed by atoms with E-state index in [2.05, 4.69) is 0 Å². The molecule has 1 aromatic rings. The number of nitrogens with one attached hydrogen (secondary N) is 1. The number of anilines is 1. The molecular formula is C15H16F3NO3. The van der Waals surface area contributed by atoms with Crippen LogP contribution in [-0.4, -0.2) is 24.2 Å². The fourth-order valence-corrected chi connectivity index (χ4v) is 2.29. The molecule has 0 spiro atoms. The molecule has 1 amide bonds. The van der Waals surface area contributed by atoms with Crippen LogP contribution in [0.3, 0.4) is 0 Å². The highest BCUT2D eigenvalue weighted by Gasteiger charge is 2.38. The highest BCUT2D eigenvalue weighted by Crippen LogP contribution is 2.22. The monoisotopic (exact) mass is 315 g/mol. The molecule has 2 rings (SSSR count). The fourth-order valence-electron chi connectivity index (χ4n) is 2.29. The molecular weight excluding hydrogens is 299 g/mol. The lowest BCUT2D eigenvalue weighted by molar-refractivity contribution is -0.167. The average Bonchev–Trinajstić information content (AvgIpc) is 2.48. The quantitative estimate of drug-likeness (QED) is 0.866. The van der Waals surface area contributed by atoms with Crippen molar-refractivity contribution in [2.24, 2.45) is 0 Å². The number of benzene rings is 1. The van der Waals surface area contributed by atoms with Crippen molar-refractivity contribution in [2.45, 2.75) is 44.4 Å². The molecule has 0 unspecified atom stereocenters. The summed E-state index contributed by atoms with van der Waals surface area (Å²) in [5.41, 5.74) is 0.215. The standard InChI is InChI=1S/C15H16F3NO3/c16-15(17,18)14(21)19-11-8-6-10(7-9-11)13(20)22-12-4-2-1-3-5-12/h6-9,12H,1-5H2,(H,19,21). The van der Waals surface area contributed by atoms with E-state index in [0.717, 1.165) is 32.1 Å². The van der Waals surface area contributed by atoms with Gasteiger partial charge in [-0.25, -0.2) is 4.79 Å². The first kappa shape index (κ1) is 16.3. The molecule has 0 heterocycles. The van der Waals surface area contributed by atoms with Crippen LogP contribution in [0.4, 0.5) is 18.9 Å². The smallest absolute Gasteiger partial charge is 0.459 e. The second-order valence-electron chi connectivity index (χ2n) is 5.19. The second-order valence-corrected chi connectivity index (χ2v) is 5.19. The van der Waals surface area contributed by atoms with E-state index < -0.39 is 18.1 Å². The van der Waals surface area contributed by atoms with Crippen LogP contribution in [0.15, 0.2) is 24.3 Å². The van der Waals surface area contributed by atoms with Crippen molar-refractivity contribution in [3.05, 3.63) is 29.8 Å². The molecule has 0 saturated heterocycles. The Hall–Kier alpha value is -2.05. The molecule has 1 aromatic carbocycles. The van der Waals surface area contributed by atoms with E-state index in [1.807, 2.05) is 0 Å². The molecule has 0 radical (unpaired) electrons. The number of hydrogen-bond acceptors (Lipinski definition) is 3. The highest BCUT2D eigenvalue weighted by molar-refractivity contribution is 5.95. The van der Waals surface area contributed by atoms with Gasteiger partial charge in [-0.15, -0.1) is 0 Å². The number of alkyl halides is 3. The van der Waals surface area contributed by atoms with Gasteiger partial charge in [-0.05, 0) is 49.9 Å². The van der Waals surface area contributed by atoms with Gasteiger partial charge in [-0.3, -0.25) is 4.79 Å². The molecule has 4 nitrogen and oxygen atoms in total. The Labute approximate surface area is 125 Å². The zero-order valence-electron chi connectivity index (χ0n) is 11.8. The molecule has 22 heavy (non-hydrogen) atoms. The van der Waals surface area contributed by atoms with Gasteiger partial charge in [0.15, 0.2) is 0 Å². The first-order valence-corrected chi connectivity index (χ1v) is 7.05. The molecule has 7 heteroatoms. The summed E-state index contributed by atoms with van der Waals surface area (Å²) in [6, 6.07) is 5.14. The Balaban J connectivity index is 1.93. The zero-order valence-corrected chi connectivity index (χ0v) is 11.8. The highest BCUT2D eigenvalue weighted by atomic mass is 19.4. The minimum atomic E-state index is -4.95. The average molecular weight is 315 g/mol.